The summed E-state index contributed by atoms with van der Waals surface area (Å²) in [6, 6.07) is 8.27. The normalized spacial score (nSPS) is 11.5. The summed E-state index contributed by atoms with van der Waals surface area (Å²) in [5.74, 6) is -0.415. The molecule has 1 amide bonds. The lowest BCUT2D eigenvalue weighted by Crippen LogP contribution is -2.46. The van der Waals surface area contributed by atoms with Gasteiger partial charge in [-0.15, -0.1) is 0 Å². The van der Waals surface area contributed by atoms with E-state index >= 15 is 0 Å². The Morgan fingerprint density at radius 3 is 2.74 bits per heavy atom. The van der Waals surface area contributed by atoms with Crippen LogP contribution in [0.3, 0.4) is 0 Å². The van der Waals surface area contributed by atoms with E-state index in [0.29, 0.717) is 10.9 Å². The molecule has 0 unspecified atom stereocenters. The molecule has 0 spiro atoms. The molecular weight excluding hydrogens is 244 g/mol. The Hall–Kier alpha value is -2.14. The predicted molar refractivity (Wildman–Crippen MR) is 73.2 cm³/mol. The minimum Gasteiger partial charge on any atom is -0.394 e. The zero-order valence-corrected chi connectivity index (χ0v) is 10.9. The molecule has 3 N–H and O–H groups in total. The summed E-state index contributed by atoms with van der Waals surface area (Å²) in [6.07, 6.45) is 0. The number of aliphatic hydroxyl groups excluding tert-OH is 1. The summed E-state index contributed by atoms with van der Waals surface area (Å²) >= 11 is 0. The van der Waals surface area contributed by atoms with Gasteiger partial charge < -0.3 is 15.4 Å². The van der Waals surface area contributed by atoms with Crippen LogP contribution in [0, 0.1) is 0 Å². The van der Waals surface area contributed by atoms with Gasteiger partial charge in [0.2, 0.25) is 0 Å². The predicted octanol–water partition coefficient (Wildman–Crippen LogP) is 1.03. The number of hydrogen-bond donors (Lipinski definition) is 3. The van der Waals surface area contributed by atoms with Crippen LogP contribution in [0.15, 0.2) is 35.1 Å². The van der Waals surface area contributed by atoms with Gasteiger partial charge in [0.05, 0.1) is 12.1 Å². The molecule has 0 bridgehead atoms. The number of hydrogen-bond acceptors (Lipinski definition) is 3. The molecule has 19 heavy (non-hydrogen) atoms. The van der Waals surface area contributed by atoms with Gasteiger partial charge in [0, 0.05) is 17.0 Å². The van der Waals surface area contributed by atoms with Crippen molar-refractivity contribution in [1.82, 2.24) is 10.3 Å². The Labute approximate surface area is 110 Å². The number of fused-ring (bicyclic) bond motifs is 1. The van der Waals surface area contributed by atoms with E-state index < -0.39 is 11.4 Å². The number of benzene rings is 1. The van der Waals surface area contributed by atoms with Gasteiger partial charge in [0.1, 0.15) is 5.69 Å². The molecule has 100 valence electrons. The zero-order chi connectivity index (χ0) is 14.0. The third-order valence-electron chi connectivity index (χ3n) is 2.83. The fourth-order valence-electron chi connectivity index (χ4n) is 1.73. The molecule has 5 heteroatoms. The highest BCUT2D eigenvalue weighted by Crippen LogP contribution is 2.08. The average molecular weight is 260 g/mol. The van der Waals surface area contributed by atoms with Crippen LogP contribution < -0.4 is 10.7 Å². The second kappa shape index (κ2) is 4.85. The number of nitrogens with one attached hydrogen (secondary N) is 2. The smallest absolute Gasteiger partial charge is 0.268 e. The number of pyridine rings is 1. The average Bonchev–Trinajstić information content (AvgIpc) is 2.38. The maximum Gasteiger partial charge on any atom is 0.268 e. The van der Waals surface area contributed by atoms with E-state index in [2.05, 4.69) is 10.3 Å². The van der Waals surface area contributed by atoms with Gasteiger partial charge in [0.25, 0.3) is 5.91 Å². The standard InChI is InChI=1S/C14H16N2O3/c1-14(2,8-17)16-13(19)11-7-12(18)9-5-3-4-6-10(9)15-11/h3-7,17H,8H2,1-2H3,(H,15,18)(H,16,19). The van der Waals surface area contributed by atoms with Gasteiger partial charge in [-0.2, -0.15) is 0 Å². The van der Waals surface area contributed by atoms with Crippen molar-refractivity contribution in [1.29, 1.82) is 0 Å². The number of rotatable bonds is 3. The maximum atomic E-state index is 12.0. The number of H-pyrrole nitrogens is 1. The molecule has 1 aromatic carbocycles. The van der Waals surface area contributed by atoms with E-state index in [-0.39, 0.29) is 17.7 Å². The van der Waals surface area contributed by atoms with E-state index in [1.54, 1.807) is 38.1 Å². The second-order valence-electron chi connectivity index (χ2n) is 5.09. The topological polar surface area (TPSA) is 82.2 Å². The molecular formula is C14H16N2O3. The van der Waals surface area contributed by atoms with Crippen molar-refractivity contribution in [2.75, 3.05) is 6.61 Å². The van der Waals surface area contributed by atoms with Crippen molar-refractivity contribution in [2.45, 2.75) is 19.4 Å². The number of amides is 1. The summed E-state index contributed by atoms with van der Waals surface area (Å²) in [5.41, 5.74) is -0.145. The van der Waals surface area contributed by atoms with Gasteiger partial charge in [-0.25, -0.2) is 0 Å². The third-order valence-corrected chi connectivity index (χ3v) is 2.83. The largest absolute Gasteiger partial charge is 0.394 e. The van der Waals surface area contributed by atoms with Gasteiger partial charge in [-0.3, -0.25) is 9.59 Å². The lowest BCUT2D eigenvalue weighted by atomic mass is 10.1. The van der Waals surface area contributed by atoms with Crippen LogP contribution in [0.4, 0.5) is 0 Å². The van der Waals surface area contributed by atoms with Gasteiger partial charge in [-0.1, -0.05) is 12.1 Å². The first-order valence-corrected chi connectivity index (χ1v) is 5.98. The van der Waals surface area contributed by atoms with Crippen LogP contribution in [0.1, 0.15) is 24.3 Å². The van der Waals surface area contributed by atoms with Crippen molar-refractivity contribution in [3.63, 3.8) is 0 Å². The Bertz CT molecular complexity index is 674. The van der Waals surface area contributed by atoms with Crippen LogP contribution in [-0.4, -0.2) is 28.1 Å². The summed E-state index contributed by atoms with van der Waals surface area (Å²) in [4.78, 5) is 26.8. The Balaban J connectivity index is 2.41. The van der Waals surface area contributed by atoms with Crippen LogP contribution in [-0.2, 0) is 0 Å². The Morgan fingerprint density at radius 1 is 1.37 bits per heavy atom. The maximum absolute atomic E-state index is 12.0. The van der Waals surface area contributed by atoms with E-state index in [1.807, 2.05) is 0 Å². The SMILES string of the molecule is CC(C)(CO)NC(=O)c1cc(=O)c2ccccc2[nH]1. The molecule has 0 aliphatic rings. The minimum atomic E-state index is -0.736. The molecule has 0 saturated carbocycles. The molecule has 1 aromatic heterocycles. The quantitative estimate of drug-likeness (QED) is 0.770. The van der Waals surface area contributed by atoms with Crippen molar-refractivity contribution in [3.8, 4) is 0 Å². The number of aromatic amines is 1. The highest BCUT2D eigenvalue weighted by molar-refractivity contribution is 5.95. The van der Waals surface area contributed by atoms with Gasteiger partial charge >= 0.3 is 0 Å². The van der Waals surface area contributed by atoms with E-state index in [9.17, 15) is 9.59 Å². The fourth-order valence-corrected chi connectivity index (χ4v) is 1.73. The van der Waals surface area contributed by atoms with Crippen molar-refractivity contribution >= 4 is 16.8 Å². The number of aliphatic hydroxyl groups is 1. The first kappa shape index (κ1) is 13.3. The molecule has 0 fully saturated rings. The molecule has 0 aliphatic carbocycles. The number of para-hydroxylation sites is 1. The lowest BCUT2D eigenvalue weighted by molar-refractivity contribution is 0.0864. The van der Waals surface area contributed by atoms with Gasteiger partial charge in [0.15, 0.2) is 5.43 Å². The van der Waals surface area contributed by atoms with Gasteiger partial charge in [-0.05, 0) is 26.0 Å². The molecule has 0 radical (unpaired) electrons. The molecule has 2 aromatic rings. The minimum absolute atomic E-state index is 0.184. The fraction of sp³-hybridized carbons (Fsp3) is 0.286. The number of carbonyl (C=O) groups is 1. The summed E-state index contributed by atoms with van der Waals surface area (Å²) < 4.78 is 0. The third kappa shape index (κ3) is 2.82. The monoisotopic (exact) mass is 260 g/mol. The summed E-state index contributed by atoms with van der Waals surface area (Å²) in [6.45, 7) is 3.21. The second-order valence-corrected chi connectivity index (χ2v) is 5.09. The highest BCUT2D eigenvalue weighted by Gasteiger charge is 2.20. The first-order chi connectivity index (χ1) is 8.93. The van der Waals surface area contributed by atoms with Crippen LogP contribution in [0.25, 0.3) is 10.9 Å². The zero-order valence-electron chi connectivity index (χ0n) is 10.9. The van der Waals surface area contributed by atoms with Crippen molar-refractivity contribution in [2.24, 2.45) is 0 Å². The van der Waals surface area contributed by atoms with E-state index in [1.165, 1.54) is 6.07 Å². The highest BCUT2D eigenvalue weighted by atomic mass is 16.3. The molecule has 0 saturated heterocycles. The van der Waals surface area contributed by atoms with E-state index in [4.69, 9.17) is 5.11 Å². The van der Waals surface area contributed by atoms with Crippen LogP contribution >= 0.6 is 0 Å². The van der Waals surface area contributed by atoms with Crippen molar-refractivity contribution in [3.05, 3.63) is 46.2 Å². The Kier molecular flexibility index (Phi) is 3.40. The first-order valence-electron chi connectivity index (χ1n) is 5.98. The molecule has 2 rings (SSSR count). The lowest BCUT2D eigenvalue weighted by Gasteiger charge is -2.23. The number of carbonyl (C=O) groups excluding carboxylic acids is 1. The Morgan fingerprint density at radius 2 is 2.05 bits per heavy atom. The molecule has 0 aliphatic heterocycles. The van der Waals surface area contributed by atoms with Crippen LogP contribution in [0.5, 0.6) is 0 Å². The van der Waals surface area contributed by atoms with E-state index in [0.717, 1.165) is 0 Å². The molecule has 1 heterocycles. The molecule has 5 nitrogen and oxygen atoms in total. The van der Waals surface area contributed by atoms with Crippen LogP contribution in [0.2, 0.25) is 0 Å². The molecule has 0 atom stereocenters. The summed E-state index contributed by atoms with van der Waals surface area (Å²) in [7, 11) is 0. The number of aromatic nitrogens is 1. The van der Waals surface area contributed by atoms with Crippen molar-refractivity contribution < 1.29 is 9.90 Å². The summed E-state index contributed by atoms with van der Waals surface area (Å²) in [5, 5.41) is 12.3.